The second-order valence-electron chi connectivity index (χ2n) is 16.3. The molecular formula is C30H66O3Si4. The molecule has 0 aliphatic heterocycles. The van der Waals surface area contributed by atoms with E-state index < -0.39 is 33.0 Å². The van der Waals surface area contributed by atoms with E-state index in [0.717, 1.165) is 6.42 Å². The molecule has 1 aliphatic rings. The van der Waals surface area contributed by atoms with Gasteiger partial charge in [-0.3, -0.25) is 0 Å². The van der Waals surface area contributed by atoms with Crippen LogP contribution < -0.4 is 0 Å². The zero-order valence-electron chi connectivity index (χ0n) is 28.4. The van der Waals surface area contributed by atoms with E-state index in [9.17, 15) is 0 Å². The van der Waals surface area contributed by atoms with Crippen molar-refractivity contribution in [1.82, 2.24) is 0 Å². The molecule has 1 aliphatic carbocycles. The predicted octanol–water partition coefficient (Wildman–Crippen LogP) is 10.5. The second kappa shape index (κ2) is 11.8. The highest BCUT2D eigenvalue weighted by Crippen LogP contribution is 2.47. The van der Waals surface area contributed by atoms with Crippen LogP contribution in [0.2, 0.25) is 72.5 Å². The highest BCUT2D eigenvalue weighted by molar-refractivity contribution is 6.86. The molecule has 37 heavy (non-hydrogen) atoms. The maximum Gasteiger partial charge on any atom is 0.193 e. The van der Waals surface area contributed by atoms with Crippen molar-refractivity contribution < 1.29 is 13.3 Å². The second-order valence-corrected chi connectivity index (χ2v) is 35.9. The SMILES string of the molecule is CC[Si](CC)(CC)C1=C[C@@H](O[Si](C)(C)C(C)(C)C)[C@@H](O[Si](C)(C)C(C)(C)C)[C@H](O[Si](C)(C)C(C)(C)C)C1. The molecule has 3 atom stereocenters. The summed E-state index contributed by atoms with van der Waals surface area (Å²) in [5, 5.41) is 2.11. The molecule has 1 rings (SSSR count). The van der Waals surface area contributed by atoms with Gasteiger partial charge in [-0.25, -0.2) is 0 Å². The maximum absolute atomic E-state index is 7.36. The lowest BCUT2D eigenvalue weighted by molar-refractivity contribution is -0.0280. The minimum atomic E-state index is -2.06. The van der Waals surface area contributed by atoms with E-state index >= 15 is 0 Å². The van der Waals surface area contributed by atoms with Crippen LogP contribution in [-0.4, -0.2) is 51.3 Å². The van der Waals surface area contributed by atoms with E-state index in [1.807, 2.05) is 0 Å². The number of hydrogen-bond acceptors (Lipinski definition) is 3. The Morgan fingerprint density at radius 2 is 0.973 bits per heavy atom. The van der Waals surface area contributed by atoms with E-state index in [-0.39, 0.29) is 33.4 Å². The highest BCUT2D eigenvalue weighted by atomic mass is 28.4. The van der Waals surface area contributed by atoms with Crippen LogP contribution in [0.4, 0.5) is 0 Å². The Hall–Kier alpha value is 0.488. The Balaban J connectivity index is 3.84. The Morgan fingerprint density at radius 3 is 1.32 bits per heavy atom. The fourth-order valence-corrected chi connectivity index (χ4v) is 12.6. The summed E-state index contributed by atoms with van der Waals surface area (Å²) in [4.78, 5) is 0. The van der Waals surface area contributed by atoms with Crippen molar-refractivity contribution in [2.45, 2.75) is 180 Å². The van der Waals surface area contributed by atoms with Gasteiger partial charge in [0.15, 0.2) is 25.0 Å². The van der Waals surface area contributed by atoms with Gasteiger partial charge in [-0.15, -0.1) is 0 Å². The summed E-state index contributed by atoms with van der Waals surface area (Å²) in [5.74, 6) is 0. The van der Waals surface area contributed by atoms with E-state index in [2.05, 4.69) is 128 Å². The molecule has 0 radical (unpaired) electrons. The molecule has 0 unspecified atom stereocenters. The van der Waals surface area contributed by atoms with Crippen molar-refractivity contribution in [3.8, 4) is 0 Å². The van der Waals surface area contributed by atoms with Gasteiger partial charge in [0.25, 0.3) is 0 Å². The first-order valence-electron chi connectivity index (χ1n) is 15.1. The minimum Gasteiger partial charge on any atom is -0.411 e. The molecule has 0 aromatic heterocycles. The normalized spacial score (nSPS) is 23.3. The van der Waals surface area contributed by atoms with Gasteiger partial charge in [0.2, 0.25) is 0 Å². The first-order valence-corrected chi connectivity index (χ1v) is 26.4. The number of rotatable bonds is 10. The third kappa shape index (κ3) is 8.04. The molecule has 0 N–H and O–H groups in total. The fraction of sp³-hybridized carbons (Fsp3) is 0.933. The summed E-state index contributed by atoms with van der Waals surface area (Å²) < 4.78 is 22.0. The van der Waals surface area contributed by atoms with Gasteiger partial charge in [-0.1, -0.05) is 112 Å². The van der Waals surface area contributed by atoms with Crippen LogP contribution in [0.3, 0.4) is 0 Å². The van der Waals surface area contributed by atoms with Crippen LogP contribution in [0.25, 0.3) is 0 Å². The predicted molar refractivity (Wildman–Crippen MR) is 176 cm³/mol. The zero-order valence-corrected chi connectivity index (χ0v) is 32.4. The first-order chi connectivity index (χ1) is 16.3. The average molecular weight is 587 g/mol. The summed E-state index contributed by atoms with van der Waals surface area (Å²) in [6.45, 7) is 42.8. The molecule has 0 amide bonds. The van der Waals surface area contributed by atoms with E-state index in [1.165, 1.54) is 18.1 Å². The highest BCUT2D eigenvalue weighted by Gasteiger charge is 2.51. The lowest BCUT2D eigenvalue weighted by Gasteiger charge is -2.51. The molecule has 7 heteroatoms. The lowest BCUT2D eigenvalue weighted by atomic mass is 9.98. The van der Waals surface area contributed by atoms with Crippen molar-refractivity contribution in [3.05, 3.63) is 11.3 Å². The van der Waals surface area contributed by atoms with Crippen LogP contribution in [0.5, 0.6) is 0 Å². The van der Waals surface area contributed by atoms with Crippen LogP contribution in [-0.2, 0) is 13.3 Å². The lowest BCUT2D eigenvalue weighted by Crippen LogP contribution is -2.60. The third-order valence-electron chi connectivity index (χ3n) is 10.9. The molecule has 0 aromatic carbocycles. The Labute approximate surface area is 237 Å². The van der Waals surface area contributed by atoms with Crippen LogP contribution in [0.1, 0.15) is 89.5 Å². The topological polar surface area (TPSA) is 27.7 Å². The fourth-order valence-electron chi connectivity index (χ4n) is 4.67. The largest absolute Gasteiger partial charge is 0.411 e. The van der Waals surface area contributed by atoms with E-state index in [1.54, 1.807) is 5.20 Å². The molecule has 220 valence electrons. The van der Waals surface area contributed by atoms with Crippen LogP contribution in [0, 0.1) is 0 Å². The van der Waals surface area contributed by atoms with Crippen LogP contribution in [0.15, 0.2) is 11.3 Å². The first kappa shape index (κ1) is 35.5. The Morgan fingerprint density at radius 1 is 0.622 bits per heavy atom. The van der Waals surface area contributed by atoms with Crippen molar-refractivity contribution in [1.29, 1.82) is 0 Å². The van der Waals surface area contributed by atoms with Gasteiger partial charge < -0.3 is 13.3 Å². The molecule has 0 aromatic rings. The molecular weight excluding hydrogens is 521 g/mol. The van der Waals surface area contributed by atoms with Gasteiger partial charge in [0.05, 0.1) is 26.4 Å². The van der Waals surface area contributed by atoms with Gasteiger partial charge in [-0.2, -0.15) is 0 Å². The van der Waals surface area contributed by atoms with Gasteiger partial charge >= 0.3 is 0 Å². The maximum atomic E-state index is 7.36. The van der Waals surface area contributed by atoms with Crippen molar-refractivity contribution in [3.63, 3.8) is 0 Å². The van der Waals surface area contributed by atoms with Crippen molar-refractivity contribution in [2.24, 2.45) is 0 Å². The van der Waals surface area contributed by atoms with E-state index in [0.29, 0.717) is 0 Å². The smallest absolute Gasteiger partial charge is 0.193 e. The average Bonchev–Trinajstić information content (AvgIpc) is 2.69. The van der Waals surface area contributed by atoms with Crippen LogP contribution >= 0.6 is 0 Å². The monoisotopic (exact) mass is 586 g/mol. The van der Waals surface area contributed by atoms with Crippen molar-refractivity contribution >= 4 is 33.0 Å². The van der Waals surface area contributed by atoms with Gasteiger partial charge in [-0.05, 0) is 60.8 Å². The molecule has 3 nitrogen and oxygen atoms in total. The minimum absolute atomic E-state index is 0.0370. The van der Waals surface area contributed by atoms with E-state index in [4.69, 9.17) is 13.3 Å². The molecule has 0 spiro atoms. The summed E-state index contributed by atoms with van der Waals surface area (Å²) in [6.07, 6.45) is 3.56. The summed E-state index contributed by atoms with van der Waals surface area (Å²) in [5.41, 5.74) is 0. The summed E-state index contributed by atoms with van der Waals surface area (Å²) >= 11 is 0. The summed E-state index contributed by atoms with van der Waals surface area (Å²) in [6, 6.07) is 3.87. The molecule has 0 heterocycles. The van der Waals surface area contributed by atoms with Gasteiger partial charge in [0, 0.05) is 0 Å². The standard InChI is InChI=1S/C30H66O3Si4/c1-19-37(20-2,21-3)24-22-25(31-34(13,14)28(4,5)6)27(33-36(17,18)30(10,11)12)26(23-24)32-35(15,16)29(7,8)9/h22,25-27H,19-21,23H2,1-18H3/t25-,26-,27-/m1/s1. The zero-order chi connectivity index (χ0) is 29.5. The summed E-state index contributed by atoms with van der Waals surface area (Å²) in [7, 11) is -7.70. The molecule has 0 saturated carbocycles. The molecule has 0 bridgehead atoms. The molecule has 0 saturated heterocycles. The Bertz CT molecular complexity index is 770. The third-order valence-corrected chi connectivity index (χ3v) is 30.2. The van der Waals surface area contributed by atoms with Gasteiger partial charge in [0.1, 0.15) is 0 Å². The van der Waals surface area contributed by atoms with Crippen molar-refractivity contribution in [2.75, 3.05) is 0 Å². The quantitative estimate of drug-likeness (QED) is 0.238. The Kier molecular flexibility index (Phi) is 11.3. The molecule has 0 fully saturated rings. The number of hydrogen-bond donors (Lipinski definition) is 0.